The Morgan fingerprint density at radius 1 is 0.850 bits per heavy atom. The molecular formula is C33H24ClN3O3. The summed E-state index contributed by atoms with van der Waals surface area (Å²) >= 11 is 6.15. The number of carbonyl (C=O) groups is 3. The Morgan fingerprint density at radius 2 is 1.55 bits per heavy atom. The van der Waals surface area contributed by atoms with Gasteiger partial charge in [0.25, 0.3) is 0 Å². The zero-order valence-corrected chi connectivity index (χ0v) is 22.0. The van der Waals surface area contributed by atoms with E-state index in [1.807, 2.05) is 83.8 Å². The lowest BCUT2D eigenvalue weighted by Gasteiger charge is -2.37. The Hall–Kier alpha value is -4.68. The number of nitrogens with zero attached hydrogens (tertiary/aromatic N) is 1. The van der Waals surface area contributed by atoms with Crippen molar-refractivity contribution in [3.63, 3.8) is 0 Å². The zero-order chi connectivity index (χ0) is 27.4. The number of carbonyl (C=O) groups excluding carboxylic acids is 3. The van der Waals surface area contributed by atoms with Gasteiger partial charge in [0.2, 0.25) is 11.8 Å². The third kappa shape index (κ3) is 3.46. The molecule has 6 nitrogen and oxygen atoms in total. The molecule has 40 heavy (non-hydrogen) atoms. The summed E-state index contributed by atoms with van der Waals surface area (Å²) in [5.74, 6) is -1.99. The number of halogens is 1. The van der Waals surface area contributed by atoms with Crippen molar-refractivity contribution < 1.29 is 14.4 Å². The molecule has 1 fully saturated rings. The Morgan fingerprint density at radius 3 is 2.35 bits per heavy atom. The van der Waals surface area contributed by atoms with Crippen LogP contribution in [-0.4, -0.2) is 29.7 Å². The number of amides is 2. The molecule has 4 atom stereocenters. The van der Waals surface area contributed by atoms with Gasteiger partial charge in [0.05, 0.1) is 12.0 Å². The molecule has 0 bridgehead atoms. The second-order valence-electron chi connectivity index (χ2n) is 10.3. The molecule has 1 saturated heterocycles. The van der Waals surface area contributed by atoms with Crippen molar-refractivity contribution in [2.24, 2.45) is 5.92 Å². The zero-order valence-electron chi connectivity index (χ0n) is 21.3. The lowest BCUT2D eigenvalue weighted by Crippen LogP contribution is -2.51. The Balaban J connectivity index is 1.49. The fraction of sp³-hybridized carbons (Fsp3) is 0.121. The summed E-state index contributed by atoms with van der Waals surface area (Å²) < 4.78 is 0. The minimum absolute atomic E-state index is 0.294. The first kappa shape index (κ1) is 24.4. The van der Waals surface area contributed by atoms with Gasteiger partial charge in [-0.05, 0) is 59.7 Å². The molecule has 1 spiro atoms. The van der Waals surface area contributed by atoms with Crippen molar-refractivity contribution in [1.29, 1.82) is 0 Å². The minimum atomic E-state index is -1.35. The van der Waals surface area contributed by atoms with Crippen molar-refractivity contribution in [2.45, 2.75) is 17.5 Å². The average molecular weight is 546 g/mol. The number of ketones is 1. The second-order valence-corrected chi connectivity index (χ2v) is 10.7. The summed E-state index contributed by atoms with van der Waals surface area (Å²) in [5, 5.41) is 6.56. The number of hydrogen-bond donors (Lipinski definition) is 2. The van der Waals surface area contributed by atoms with Crippen molar-refractivity contribution in [3.05, 3.63) is 131 Å². The molecular weight excluding hydrogens is 522 g/mol. The molecule has 0 aliphatic carbocycles. The smallest absolute Gasteiger partial charge is 0.247 e. The van der Waals surface area contributed by atoms with Crippen LogP contribution in [0.4, 0.5) is 17.1 Å². The molecule has 3 aliphatic rings. The molecule has 3 heterocycles. The standard InChI is InChI=1S/C33H24ClN3O3/c34-22-17-14-21(15-18-22)30(38)28-29(31(39)35-23-9-2-1-3-10-23)37-26-13-7-4-8-20(26)16-19-27(37)33(28)24-11-5-6-12-25(24)36-32(33)40/h1-19,27-29H,(H,35,39)(H,36,40)/t27-,28+,29-,33-/m0/s1. The molecule has 4 aromatic carbocycles. The lowest BCUT2D eigenvalue weighted by atomic mass is 9.64. The molecule has 0 aromatic heterocycles. The third-order valence-corrected chi connectivity index (χ3v) is 8.52. The molecule has 3 aliphatic heterocycles. The normalized spacial score (nSPS) is 23.8. The molecule has 0 unspecified atom stereocenters. The summed E-state index contributed by atoms with van der Waals surface area (Å²) in [4.78, 5) is 45.2. The van der Waals surface area contributed by atoms with Gasteiger partial charge >= 0.3 is 0 Å². The Bertz CT molecular complexity index is 1700. The molecule has 0 saturated carbocycles. The van der Waals surface area contributed by atoms with Gasteiger partial charge in [0, 0.05) is 27.6 Å². The van der Waals surface area contributed by atoms with Gasteiger partial charge in [-0.2, -0.15) is 0 Å². The summed E-state index contributed by atoms with van der Waals surface area (Å²) in [6, 6.07) is 29.4. The van der Waals surface area contributed by atoms with E-state index in [9.17, 15) is 14.4 Å². The van der Waals surface area contributed by atoms with Crippen LogP contribution in [0, 0.1) is 5.92 Å². The number of hydrogen-bond acceptors (Lipinski definition) is 4. The SMILES string of the molecule is O=C(Nc1ccccc1)[C@@H]1[C@H](C(=O)c2ccc(Cl)cc2)[C@@]2(C(=O)Nc3ccccc32)[C@@H]2C=Cc3ccccc3N12. The maximum absolute atomic E-state index is 14.6. The fourth-order valence-corrected chi connectivity index (χ4v) is 6.78. The molecule has 0 radical (unpaired) electrons. The predicted molar refractivity (Wildman–Crippen MR) is 157 cm³/mol. The molecule has 196 valence electrons. The van der Waals surface area contributed by atoms with Crippen molar-refractivity contribution in [3.8, 4) is 0 Å². The van der Waals surface area contributed by atoms with Gasteiger partial charge in [-0.1, -0.05) is 78.4 Å². The number of anilines is 3. The van der Waals surface area contributed by atoms with E-state index in [0.717, 1.165) is 11.3 Å². The van der Waals surface area contributed by atoms with Crippen LogP contribution >= 0.6 is 11.6 Å². The van der Waals surface area contributed by atoms with Gasteiger partial charge in [-0.15, -0.1) is 0 Å². The van der Waals surface area contributed by atoms with Crippen molar-refractivity contribution in [2.75, 3.05) is 15.5 Å². The monoisotopic (exact) mass is 545 g/mol. The van der Waals surface area contributed by atoms with E-state index in [1.165, 1.54) is 0 Å². The predicted octanol–water partition coefficient (Wildman–Crippen LogP) is 5.95. The van der Waals surface area contributed by atoms with Gasteiger partial charge < -0.3 is 15.5 Å². The molecule has 2 amide bonds. The summed E-state index contributed by atoms with van der Waals surface area (Å²) in [6.07, 6.45) is 3.94. The number of para-hydroxylation sites is 3. The van der Waals surface area contributed by atoms with Crippen molar-refractivity contribution in [1.82, 2.24) is 0 Å². The fourth-order valence-electron chi connectivity index (χ4n) is 6.65. The van der Waals surface area contributed by atoms with Crippen LogP contribution in [0.25, 0.3) is 6.08 Å². The average Bonchev–Trinajstić information content (AvgIpc) is 3.46. The topological polar surface area (TPSA) is 78.5 Å². The first-order chi connectivity index (χ1) is 19.5. The first-order valence-corrected chi connectivity index (χ1v) is 13.5. The highest BCUT2D eigenvalue weighted by molar-refractivity contribution is 6.30. The van der Waals surface area contributed by atoms with Crippen LogP contribution in [0.2, 0.25) is 5.02 Å². The number of rotatable bonds is 4. The van der Waals surface area contributed by atoms with E-state index in [4.69, 9.17) is 11.6 Å². The Kier molecular flexibility index (Phi) is 5.61. The second kappa shape index (κ2) is 9.21. The molecule has 7 heteroatoms. The number of fused-ring (bicyclic) bond motifs is 6. The maximum atomic E-state index is 14.6. The van der Waals surface area contributed by atoms with Crippen molar-refractivity contribution >= 4 is 52.3 Å². The van der Waals surface area contributed by atoms with E-state index < -0.39 is 23.4 Å². The molecule has 2 N–H and O–H groups in total. The summed E-state index contributed by atoms with van der Waals surface area (Å²) in [5.41, 5.74) is 2.72. The van der Waals surface area contributed by atoms with Gasteiger partial charge in [0.1, 0.15) is 11.5 Å². The van der Waals surface area contributed by atoms with E-state index in [0.29, 0.717) is 27.5 Å². The van der Waals surface area contributed by atoms with E-state index in [1.54, 1.807) is 36.4 Å². The van der Waals surface area contributed by atoms with E-state index in [-0.39, 0.29) is 17.6 Å². The maximum Gasteiger partial charge on any atom is 0.247 e. The van der Waals surface area contributed by atoms with Crippen LogP contribution in [0.1, 0.15) is 21.5 Å². The van der Waals surface area contributed by atoms with Crippen LogP contribution in [-0.2, 0) is 15.0 Å². The van der Waals surface area contributed by atoms with Gasteiger partial charge in [0.15, 0.2) is 5.78 Å². The summed E-state index contributed by atoms with van der Waals surface area (Å²) in [7, 11) is 0. The lowest BCUT2D eigenvalue weighted by molar-refractivity contribution is -0.122. The first-order valence-electron chi connectivity index (χ1n) is 13.1. The van der Waals surface area contributed by atoms with E-state index >= 15 is 0 Å². The highest BCUT2D eigenvalue weighted by Crippen LogP contribution is 2.57. The third-order valence-electron chi connectivity index (χ3n) is 8.26. The minimum Gasteiger partial charge on any atom is -0.350 e. The number of benzene rings is 4. The van der Waals surface area contributed by atoms with Crippen LogP contribution in [0.3, 0.4) is 0 Å². The van der Waals surface area contributed by atoms with Crippen LogP contribution < -0.4 is 15.5 Å². The number of Topliss-reactive ketones (excluding diaryl/α,β-unsaturated/α-hetero) is 1. The van der Waals surface area contributed by atoms with Crippen LogP contribution in [0.5, 0.6) is 0 Å². The largest absolute Gasteiger partial charge is 0.350 e. The number of nitrogens with one attached hydrogen (secondary N) is 2. The molecule has 4 aromatic rings. The summed E-state index contributed by atoms with van der Waals surface area (Å²) in [6.45, 7) is 0. The van der Waals surface area contributed by atoms with Gasteiger partial charge in [-0.25, -0.2) is 0 Å². The van der Waals surface area contributed by atoms with Gasteiger partial charge in [-0.3, -0.25) is 14.4 Å². The highest BCUT2D eigenvalue weighted by atomic mass is 35.5. The Labute approximate surface area is 236 Å². The highest BCUT2D eigenvalue weighted by Gasteiger charge is 2.70. The van der Waals surface area contributed by atoms with E-state index in [2.05, 4.69) is 10.6 Å². The molecule has 7 rings (SSSR count). The quantitative estimate of drug-likeness (QED) is 0.311. The van der Waals surface area contributed by atoms with Crippen LogP contribution in [0.15, 0.2) is 109 Å².